The minimum atomic E-state index is -2.01. The van der Waals surface area contributed by atoms with Crippen molar-refractivity contribution in [3.05, 3.63) is 65.7 Å². The molecule has 0 N–H and O–H groups in total. The van der Waals surface area contributed by atoms with E-state index in [1.165, 1.54) is 0 Å². The molecule has 2 aromatic carbocycles. The molecule has 0 amide bonds. The first-order chi connectivity index (χ1) is 11.2. The Balaban J connectivity index is 2.29. The van der Waals surface area contributed by atoms with Crippen molar-refractivity contribution in [1.82, 2.24) is 0 Å². The highest BCUT2D eigenvalue weighted by Gasteiger charge is 2.39. The van der Waals surface area contributed by atoms with Crippen LogP contribution in [0.1, 0.15) is 36.7 Å². The summed E-state index contributed by atoms with van der Waals surface area (Å²) >= 11 is 0. The molecule has 0 aliphatic rings. The van der Waals surface area contributed by atoms with Crippen LogP contribution in [0.25, 0.3) is 0 Å². The third-order valence-corrected chi connectivity index (χ3v) is 8.74. The number of para-hydroxylation sites is 1. The van der Waals surface area contributed by atoms with Crippen molar-refractivity contribution >= 4 is 14.1 Å². The van der Waals surface area contributed by atoms with Crippen LogP contribution in [0.3, 0.4) is 0 Å². The van der Waals surface area contributed by atoms with E-state index in [1.807, 2.05) is 48.5 Å². The van der Waals surface area contributed by atoms with Gasteiger partial charge in [0.1, 0.15) is 5.75 Å². The molecule has 0 unspecified atom stereocenters. The molecule has 3 heteroatoms. The normalized spacial score (nSPS) is 11.4. The van der Waals surface area contributed by atoms with Crippen LogP contribution in [0, 0.1) is 11.8 Å². The third kappa shape index (κ3) is 4.36. The Kier molecular flexibility index (Phi) is 5.31. The summed E-state index contributed by atoms with van der Waals surface area (Å²) < 4.78 is 6.32. The van der Waals surface area contributed by atoms with Crippen molar-refractivity contribution in [1.29, 1.82) is 0 Å². The molecule has 0 fully saturated rings. The summed E-state index contributed by atoms with van der Waals surface area (Å²) in [5, 5.41) is 0.0683. The first-order valence-electron chi connectivity index (χ1n) is 8.10. The highest BCUT2D eigenvalue weighted by Crippen LogP contribution is 2.38. The van der Waals surface area contributed by atoms with Crippen molar-refractivity contribution in [2.45, 2.75) is 38.9 Å². The van der Waals surface area contributed by atoms with E-state index in [9.17, 15) is 4.79 Å². The lowest BCUT2D eigenvalue weighted by molar-refractivity contribution is 0.105. The van der Waals surface area contributed by atoms with Crippen LogP contribution in [0.4, 0.5) is 0 Å². The quantitative estimate of drug-likeness (QED) is 0.431. The average Bonchev–Trinajstić information content (AvgIpc) is 2.52. The Bertz CT molecular complexity index is 775. The van der Waals surface area contributed by atoms with E-state index in [0.29, 0.717) is 11.3 Å². The summed E-state index contributed by atoms with van der Waals surface area (Å²) in [4.78, 5) is 12.5. The fourth-order valence-corrected chi connectivity index (χ4v) is 2.92. The molecule has 0 saturated heterocycles. The Hall–Kier alpha value is -2.31. The van der Waals surface area contributed by atoms with Gasteiger partial charge in [0.05, 0.1) is 5.56 Å². The molecular formula is C21H24O2Si. The van der Waals surface area contributed by atoms with E-state index < -0.39 is 8.32 Å². The molecule has 2 rings (SSSR count). The summed E-state index contributed by atoms with van der Waals surface area (Å²) in [5.74, 6) is 6.07. The molecule has 2 nitrogen and oxygen atoms in total. The van der Waals surface area contributed by atoms with Crippen LogP contribution in [0.5, 0.6) is 5.75 Å². The second kappa shape index (κ2) is 7.07. The van der Waals surface area contributed by atoms with Crippen molar-refractivity contribution in [3.63, 3.8) is 0 Å². The zero-order valence-electron chi connectivity index (χ0n) is 15.0. The van der Waals surface area contributed by atoms with Crippen LogP contribution in [-0.2, 0) is 0 Å². The standard InChI is InChI=1S/C21H24O2Si/c1-21(2,3)24(4,5)23-20-14-10-9-13-18(20)19(22)16-15-17-11-7-6-8-12-17/h6-14H,1-5H3. The molecule has 0 spiro atoms. The van der Waals surface area contributed by atoms with Gasteiger partial charge in [0.2, 0.25) is 5.78 Å². The number of rotatable bonds is 3. The topological polar surface area (TPSA) is 26.3 Å². The van der Waals surface area contributed by atoms with Gasteiger partial charge in [-0.3, -0.25) is 4.79 Å². The monoisotopic (exact) mass is 336 g/mol. The maximum absolute atomic E-state index is 12.5. The van der Waals surface area contributed by atoms with E-state index >= 15 is 0 Å². The van der Waals surface area contributed by atoms with Crippen LogP contribution in [-0.4, -0.2) is 14.1 Å². The Labute approximate surface area is 146 Å². The van der Waals surface area contributed by atoms with Gasteiger partial charge >= 0.3 is 0 Å². The van der Waals surface area contributed by atoms with Gasteiger partial charge in [0, 0.05) is 5.56 Å². The Morgan fingerprint density at radius 1 is 0.958 bits per heavy atom. The first-order valence-corrected chi connectivity index (χ1v) is 11.0. The summed E-state index contributed by atoms with van der Waals surface area (Å²) in [6.45, 7) is 10.9. The van der Waals surface area contributed by atoms with E-state index in [2.05, 4.69) is 45.7 Å². The zero-order valence-corrected chi connectivity index (χ0v) is 16.0. The average molecular weight is 337 g/mol. The molecule has 0 aliphatic carbocycles. The number of hydrogen-bond acceptors (Lipinski definition) is 2. The second-order valence-corrected chi connectivity index (χ2v) is 12.0. The fraction of sp³-hybridized carbons (Fsp3) is 0.286. The van der Waals surface area contributed by atoms with Gasteiger partial charge in [-0.1, -0.05) is 57.0 Å². The fourth-order valence-electron chi connectivity index (χ4n) is 1.89. The SMILES string of the molecule is CC(C)(C)[Si](C)(C)Oc1ccccc1C(=O)C#Cc1ccccc1. The number of ketones is 1. The number of benzene rings is 2. The molecule has 0 aliphatic heterocycles. The predicted molar refractivity (Wildman–Crippen MR) is 102 cm³/mol. The lowest BCUT2D eigenvalue weighted by atomic mass is 10.1. The van der Waals surface area contributed by atoms with E-state index in [1.54, 1.807) is 6.07 Å². The maximum Gasteiger partial charge on any atom is 0.250 e. The minimum absolute atomic E-state index is 0.0683. The number of carbonyl (C=O) groups excluding carboxylic acids is 1. The van der Waals surface area contributed by atoms with Gasteiger partial charge in [-0.15, -0.1) is 0 Å². The van der Waals surface area contributed by atoms with Gasteiger partial charge in [0.25, 0.3) is 8.32 Å². The van der Waals surface area contributed by atoms with Crippen molar-refractivity contribution in [3.8, 4) is 17.6 Å². The number of carbonyl (C=O) groups is 1. The number of hydrogen-bond donors (Lipinski definition) is 0. The van der Waals surface area contributed by atoms with Crippen LogP contribution in [0.15, 0.2) is 54.6 Å². The lowest BCUT2D eigenvalue weighted by Crippen LogP contribution is -2.44. The zero-order chi connectivity index (χ0) is 17.8. The molecule has 0 aromatic heterocycles. The van der Waals surface area contributed by atoms with E-state index in [0.717, 1.165) is 5.56 Å². The van der Waals surface area contributed by atoms with Crippen LogP contribution in [0.2, 0.25) is 18.1 Å². The molecule has 0 bridgehead atoms. The lowest BCUT2D eigenvalue weighted by Gasteiger charge is -2.36. The third-order valence-electron chi connectivity index (χ3n) is 4.40. The molecule has 0 saturated carbocycles. The summed E-state index contributed by atoms with van der Waals surface area (Å²) in [7, 11) is -2.01. The second-order valence-electron chi connectivity index (χ2n) is 7.30. The first kappa shape index (κ1) is 18.0. The molecular weight excluding hydrogens is 312 g/mol. The van der Waals surface area contributed by atoms with Crippen LogP contribution >= 0.6 is 0 Å². The van der Waals surface area contributed by atoms with Gasteiger partial charge in [-0.05, 0) is 48.3 Å². The van der Waals surface area contributed by atoms with Gasteiger partial charge < -0.3 is 4.43 Å². The molecule has 24 heavy (non-hydrogen) atoms. The Morgan fingerprint density at radius 3 is 2.17 bits per heavy atom. The summed E-state index contributed by atoms with van der Waals surface area (Å²) in [6.07, 6.45) is 0. The van der Waals surface area contributed by atoms with Gasteiger partial charge in [0.15, 0.2) is 0 Å². The smallest absolute Gasteiger partial charge is 0.250 e. The molecule has 0 atom stereocenters. The Morgan fingerprint density at radius 2 is 1.54 bits per heavy atom. The molecule has 124 valence electrons. The largest absolute Gasteiger partial charge is 0.543 e. The van der Waals surface area contributed by atoms with Crippen molar-refractivity contribution < 1.29 is 9.22 Å². The van der Waals surface area contributed by atoms with Gasteiger partial charge in [-0.25, -0.2) is 0 Å². The molecule has 2 aromatic rings. The van der Waals surface area contributed by atoms with Gasteiger partial charge in [-0.2, -0.15) is 0 Å². The molecule has 0 heterocycles. The summed E-state index contributed by atoms with van der Waals surface area (Å²) in [6, 6.07) is 16.9. The molecule has 0 radical (unpaired) electrons. The summed E-state index contributed by atoms with van der Waals surface area (Å²) in [5.41, 5.74) is 1.36. The van der Waals surface area contributed by atoms with Crippen LogP contribution < -0.4 is 4.43 Å². The van der Waals surface area contributed by atoms with Crippen molar-refractivity contribution in [2.24, 2.45) is 0 Å². The van der Waals surface area contributed by atoms with Crippen molar-refractivity contribution in [2.75, 3.05) is 0 Å². The minimum Gasteiger partial charge on any atom is -0.543 e. The predicted octanol–water partition coefficient (Wildman–Crippen LogP) is 5.31. The maximum atomic E-state index is 12.5. The highest BCUT2D eigenvalue weighted by molar-refractivity contribution is 6.74. The van der Waals surface area contributed by atoms with E-state index in [-0.39, 0.29) is 10.8 Å². The highest BCUT2D eigenvalue weighted by atomic mass is 28.4. The van der Waals surface area contributed by atoms with E-state index in [4.69, 9.17) is 4.43 Å². The number of Topliss-reactive ketones (excluding diaryl/α,β-unsaturated/α-hetero) is 1.